The molecular formula is C29H25NO5. The lowest BCUT2D eigenvalue weighted by Gasteiger charge is -2.18. The number of carbonyl (C=O) groups excluding carboxylic acids is 3. The van der Waals surface area contributed by atoms with E-state index in [9.17, 15) is 14.4 Å². The Morgan fingerprint density at radius 3 is 2.06 bits per heavy atom. The second-order valence-corrected chi connectivity index (χ2v) is 8.60. The normalized spacial score (nSPS) is 12.7. The van der Waals surface area contributed by atoms with Crippen molar-refractivity contribution in [3.05, 3.63) is 100 Å². The predicted molar refractivity (Wildman–Crippen MR) is 132 cm³/mol. The van der Waals surface area contributed by atoms with Crippen LogP contribution < -0.4 is 0 Å². The highest BCUT2D eigenvalue weighted by Gasteiger charge is 2.35. The molecule has 0 unspecified atom stereocenters. The quantitative estimate of drug-likeness (QED) is 0.295. The number of methoxy groups -OCH3 is 2. The third-order valence-electron chi connectivity index (χ3n) is 6.67. The number of fused-ring (bicyclic) bond motifs is 3. The maximum absolute atomic E-state index is 13.9. The first-order valence-electron chi connectivity index (χ1n) is 11.6. The van der Waals surface area contributed by atoms with Crippen LogP contribution in [0.5, 0.6) is 0 Å². The predicted octanol–water partition coefficient (Wildman–Crippen LogP) is 5.29. The van der Waals surface area contributed by atoms with Crippen molar-refractivity contribution >= 4 is 23.2 Å². The van der Waals surface area contributed by atoms with E-state index in [-0.39, 0.29) is 22.6 Å². The van der Waals surface area contributed by atoms with E-state index in [1.807, 2.05) is 48.5 Å². The van der Waals surface area contributed by atoms with Gasteiger partial charge in [0.25, 0.3) is 0 Å². The van der Waals surface area contributed by atoms with Crippen LogP contribution in [-0.2, 0) is 22.3 Å². The number of aryl methyl sites for hydroxylation is 2. The van der Waals surface area contributed by atoms with Crippen molar-refractivity contribution in [3.63, 3.8) is 0 Å². The van der Waals surface area contributed by atoms with Crippen LogP contribution in [0.2, 0.25) is 0 Å². The Balaban J connectivity index is 1.73. The standard InChI is InChI=1S/C29H25NO5/c1-34-28(32)23-24(29(33)35-2)26(30-17-16-20-10-6-7-11-22(20)25(23)30)27(31)21-14-12-19(13-15-21)18-8-4-3-5-9-18/h3-5,8-9,12-17H,6-7,10-11H2,1-2H3. The Kier molecular flexibility index (Phi) is 5.95. The zero-order chi connectivity index (χ0) is 24.5. The van der Waals surface area contributed by atoms with E-state index in [0.29, 0.717) is 11.1 Å². The first-order chi connectivity index (χ1) is 17.0. The van der Waals surface area contributed by atoms with E-state index in [2.05, 4.69) is 0 Å². The molecule has 176 valence electrons. The SMILES string of the molecule is COC(=O)c1c(C(=O)OC)c2c3c(ccn2c1C(=O)c1ccc(-c2ccccc2)cc1)CCCC3. The Bertz CT molecular complexity index is 1450. The van der Waals surface area contributed by atoms with Crippen molar-refractivity contribution in [1.29, 1.82) is 0 Å². The van der Waals surface area contributed by atoms with E-state index < -0.39 is 11.9 Å². The van der Waals surface area contributed by atoms with Crippen molar-refractivity contribution < 1.29 is 23.9 Å². The minimum absolute atomic E-state index is 0.0598. The summed E-state index contributed by atoms with van der Waals surface area (Å²) in [7, 11) is 2.51. The Morgan fingerprint density at radius 2 is 1.37 bits per heavy atom. The highest BCUT2D eigenvalue weighted by atomic mass is 16.5. The van der Waals surface area contributed by atoms with Gasteiger partial charge in [0.1, 0.15) is 16.8 Å². The van der Waals surface area contributed by atoms with Crippen LogP contribution in [-0.4, -0.2) is 36.3 Å². The van der Waals surface area contributed by atoms with E-state index in [1.165, 1.54) is 14.2 Å². The highest BCUT2D eigenvalue weighted by Crippen LogP contribution is 2.34. The second-order valence-electron chi connectivity index (χ2n) is 8.60. The van der Waals surface area contributed by atoms with Gasteiger partial charge in [0.05, 0.1) is 19.7 Å². The molecule has 1 aliphatic rings. The number of hydrogen-bond donors (Lipinski definition) is 0. The van der Waals surface area contributed by atoms with Gasteiger partial charge in [-0.1, -0.05) is 54.6 Å². The van der Waals surface area contributed by atoms with Gasteiger partial charge in [-0.2, -0.15) is 0 Å². The van der Waals surface area contributed by atoms with Crippen LogP contribution >= 0.6 is 0 Å². The summed E-state index contributed by atoms with van der Waals surface area (Å²) in [5.41, 5.74) is 5.19. The zero-order valence-corrected chi connectivity index (χ0v) is 19.7. The molecule has 2 heterocycles. The Hall–Kier alpha value is -4.19. The lowest BCUT2D eigenvalue weighted by Crippen LogP contribution is -2.15. The smallest absolute Gasteiger partial charge is 0.341 e. The number of carbonyl (C=O) groups is 3. The van der Waals surface area contributed by atoms with Crippen LogP contribution in [0.15, 0.2) is 66.9 Å². The third-order valence-corrected chi connectivity index (χ3v) is 6.67. The Morgan fingerprint density at radius 1 is 0.743 bits per heavy atom. The van der Waals surface area contributed by atoms with Gasteiger partial charge in [0.15, 0.2) is 0 Å². The van der Waals surface area contributed by atoms with Crippen molar-refractivity contribution in [2.45, 2.75) is 25.7 Å². The summed E-state index contributed by atoms with van der Waals surface area (Å²) in [6, 6.07) is 19.1. The fraction of sp³-hybridized carbons (Fsp3) is 0.207. The van der Waals surface area contributed by atoms with Gasteiger partial charge in [-0.3, -0.25) is 4.79 Å². The minimum Gasteiger partial charge on any atom is -0.465 e. The molecule has 2 aromatic carbocycles. The molecular weight excluding hydrogens is 442 g/mol. The van der Waals surface area contributed by atoms with Gasteiger partial charge in [0.2, 0.25) is 5.78 Å². The maximum Gasteiger partial charge on any atom is 0.341 e. The molecule has 6 nitrogen and oxygen atoms in total. The van der Waals surface area contributed by atoms with Crippen molar-refractivity contribution in [2.75, 3.05) is 14.2 Å². The number of hydrogen-bond acceptors (Lipinski definition) is 5. The molecule has 0 saturated heterocycles. The molecule has 0 saturated carbocycles. The maximum atomic E-state index is 13.9. The van der Waals surface area contributed by atoms with Crippen LogP contribution in [0.4, 0.5) is 0 Å². The summed E-state index contributed by atoms with van der Waals surface area (Å²) in [6.07, 6.45) is 5.43. The van der Waals surface area contributed by atoms with Crippen molar-refractivity contribution in [3.8, 4) is 11.1 Å². The monoisotopic (exact) mass is 467 g/mol. The van der Waals surface area contributed by atoms with Crippen molar-refractivity contribution in [1.82, 2.24) is 4.40 Å². The zero-order valence-electron chi connectivity index (χ0n) is 19.7. The van der Waals surface area contributed by atoms with Gasteiger partial charge < -0.3 is 13.9 Å². The van der Waals surface area contributed by atoms with E-state index in [0.717, 1.165) is 47.9 Å². The summed E-state index contributed by atoms with van der Waals surface area (Å²) in [6.45, 7) is 0. The lowest BCUT2D eigenvalue weighted by molar-refractivity contribution is 0.0556. The molecule has 1 aliphatic carbocycles. The third kappa shape index (κ3) is 3.81. The van der Waals surface area contributed by atoms with Gasteiger partial charge in [0, 0.05) is 11.8 Å². The molecule has 0 atom stereocenters. The molecule has 0 amide bonds. The fourth-order valence-electron chi connectivity index (χ4n) is 4.99. The number of esters is 2. The number of aromatic nitrogens is 1. The molecule has 4 aromatic rings. The number of benzene rings is 2. The van der Waals surface area contributed by atoms with E-state index >= 15 is 0 Å². The molecule has 0 N–H and O–H groups in total. The van der Waals surface area contributed by atoms with Gasteiger partial charge >= 0.3 is 11.9 Å². The largest absolute Gasteiger partial charge is 0.465 e. The average molecular weight is 468 g/mol. The van der Waals surface area contributed by atoms with Gasteiger partial charge in [-0.05, 0) is 54.0 Å². The molecule has 35 heavy (non-hydrogen) atoms. The summed E-state index contributed by atoms with van der Waals surface area (Å²) >= 11 is 0. The molecule has 0 bridgehead atoms. The number of pyridine rings is 1. The lowest BCUT2D eigenvalue weighted by atomic mass is 9.90. The van der Waals surface area contributed by atoms with Gasteiger partial charge in [-0.15, -0.1) is 0 Å². The summed E-state index contributed by atoms with van der Waals surface area (Å²) in [5, 5.41) is 0. The highest BCUT2D eigenvalue weighted by molar-refractivity contribution is 6.20. The second kappa shape index (κ2) is 9.22. The number of ether oxygens (including phenoxy) is 2. The number of ketones is 1. The fourth-order valence-corrected chi connectivity index (χ4v) is 4.99. The van der Waals surface area contributed by atoms with E-state index in [1.54, 1.807) is 22.7 Å². The topological polar surface area (TPSA) is 74.1 Å². The first kappa shape index (κ1) is 22.6. The van der Waals surface area contributed by atoms with E-state index in [4.69, 9.17) is 9.47 Å². The molecule has 0 fully saturated rings. The van der Waals surface area contributed by atoms with Crippen LogP contribution in [0.3, 0.4) is 0 Å². The molecule has 2 aromatic heterocycles. The first-order valence-corrected chi connectivity index (χ1v) is 11.6. The summed E-state index contributed by atoms with van der Waals surface area (Å²) in [4.78, 5) is 39.8. The average Bonchev–Trinajstić information content (AvgIpc) is 3.28. The van der Waals surface area contributed by atoms with Crippen LogP contribution in [0.1, 0.15) is 60.7 Å². The van der Waals surface area contributed by atoms with Crippen LogP contribution in [0.25, 0.3) is 16.6 Å². The summed E-state index contributed by atoms with van der Waals surface area (Å²) < 4.78 is 11.8. The molecule has 0 spiro atoms. The molecule has 0 aliphatic heterocycles. The van der Waals surface area contributed by atoms with Gasteiger partial charge in [-0.25, -0.2) is 9.59 Å². The van der Waals surface area contributed by atoms with Crippen molar-refractivity contribution in [2.24, 2.45) is 0 Å². The number of nitrogens with zero attached hydrogens (tertiary/aromatic N) is 1. The van der Waals surface area contributed by atoms with Crippen LogP contribution in [0, 0.1) is 0 Å². The molecule has 0 radical (unpaired) electrons. The molecule has 6 heteroatoms. The minimum atomic E-state index is -0.747. The Labute approximate surface area is 203 Å². The molecule has 5 rings (SSSR count). The number of rotatable bonds is 5. The summed E-state index contributed by atoms with van der Waals surface area (Å²) in [5.74, 6) is -1.78.